The van der Waals surface area contributed by atoms with Gasteiger partial charge in [-0.15, -0.1) is 0 Å². The maximum absolute atomic E-state index is 14.1. The third-order valence-corrected chi connectivity index (χ3v) is 4.09. The predicted molar refractivity (Wildman–Crippen MR) is 74.6 cm³/mol. The molecule has 0 saturated carbocycles. The Balaban J connectivity index is 2.59. The van der Waals surface area contributed by atoms with E-state index in [9.17, 15) is 13.2 Å². The number of hydrogen-bond acceptors (Lipinski definition) is 2. The Bertz CT molecular complexity index is 652. The van der Waals surface area contributed by atoms with Crippen LogP contribution in [0.4, 0.5) is 13.2 Å². The molecule has 2 nitrogen and oxygen atoms in total. The molecule has 0 aliphatic carbocycles. The van der Waals surface area contributed by atoms with Gasteiger partial charge in [0, 0.05) is 15.6 Å². The van der Waals surface area contributed by atoms with Crippen LogP contribution in [0.25, 0.3) is 0 Å². The molecule has 106 valence electrons. The number of halogens is 5. The van der Waals surface area contributed by atoms with E-state index in [1.54, 1.807) is 0 Å². The second kappa shape index (κ2) is 6.13. The Kier molecular flexibility index (Phi) is 4.70. The zero-order valence-electron chi connectivity index (χ0n) is 9.93. The summed E-state index contributed by atoms with van der Waals surface area (Å²) in [6, 6.07) is 5.44. The van der Waals surface area contributed by atoms with Crippen molar-refractivity contribution in [3.05, 3.63) is 68.4 Å². The molecule has 0 aromatic heterocycles. The zero-order valence-corrected chi connectivity index (χ0v) is 12.3. The fraction of sp³-hybridized carbons (Fsp3) is 0.0769. The number of hydrazine groups is 1. The van der Waals surface area contributed by atoms with E-state index in [0.717, 1.165) is 6.07 Å². The van der Waals surface area contributed by atoms with Crippen LogP contribution in [-0.4, -0.2) is 0 Å². The fourth-order valence-corrected chi connectivity index (χ4v) is 2.33. The quantitative estimate of drug-likeness (QED) is 0.489. The van der Waals surface area contributed by atoms with Gasteiger partial charge in [-0.25, -0.2) is 18.6 Å². The Morgan fingerprint density at radius 3 is 2.35 bits per heavy atom. The van der Waals surface area contributed by atoms with Crippen molar-refractivity contribution in [3.8, 4) is 0 Å². The molecule has 1 unspecified atom stereocenters. The molecule has 0 saturated heterocycles. The fourth-order valence-electron chi connectivity index (χ4n) is 1.85. The maximum Gasteiger partial charge on any atom is 0.163 e. The minimum absolute atomic E-state index is 0.0187. The van der Waals surface area contributed by atoms with Crippen molar-refractivity contribution in [1.82, 2.24) is 5.43 Å². The largest absolute Gasteiger partial charge is 0.271 e. The monoisotopic (exact) mass is 364 g/mol. The molecule has 2 aromatic rings. The summed E-state index contributed by atoms with van der Waals surface area (Å²) in [6.45, 7) is 0. The van der Waals surface area contributed by atoms with E-state index in [2.05, 4.69) is 21.4 Å². The van der Waals surface area contributed by atoms with Crippen molar-refractivity contribution in [2.45, 2.75) is 6.04 Å². The van der Waals surface area contributed by atoms with Gasteiger partial charge in [0.15, 0.2) is 11.6 Å². The molecule has 0 bridgehead atoms. The molecular formula is C13H9BrClF3N2. The lowest BCUT2D eigenvalue weighted by Gasteiger charge is -2.19. The maximum atomic E-state index is 14.1. The average molecular weight is 366 g/mol. The molecule has 3 N–H and O–H groups in total. The average Bonchev–Trinajstić information content (AvgIpc) is 2.44. The summed E-state index contributed by atoms with van der Waals surface area (Å²) < 4.78 is 41.6. The van der Waals surface area contributed by atoms with Gasteiger partial charge in [-0.1, -0.05) is 29.8 Å². The summed E-state index contributed by atoms with van der Waals surface area (Å²) in [5.74, 6) is 2.47. The highest BCUT2D eigenvalue weighted by Crippen LogP contribution is 2.33. The molecule has 2 rings (SSSR count). The summed E-state index contributed by atoms with van der Waals surface area (Å²) in [6.07, 6.45) is 0. The van der Waals surface area contributed by atoms with Crippen molar-refractivity contribution < 1.29 is 13.2 Å². The number of benzene rings is 2. The highest BCUT2D eigenvalue weighted by atomic mass is 79.9. The first kappa shape index (κ1) is 15.3. The van der Waals surface area contributed by atoms with Crippen LogP contribution in [0.15, 0.2) is 34.8 Å². The van der Waals surface area contributed by atoms with Crippen molar-refractivity contribution >= 4 is 27.5 Å². The summed E-state index contributed by atoms with van der Waals surface area (Å²) >= 11 is 8.86. The van der Waals surface area contributed by atoms with E-state index in [-0.39, 0.29) is 16.1 Å². The van der Waals surface area contributed by atoms with Gasteiger partial charge < -0.3 is 0 Å². The number of hydrogen-bond donors (Lipinski definition) is 2. The topological polar surface area (TPSA) is 38.0 Å². The Hall–Kier alpha value is -1.08. The molecule has 0 radical (unpaired) electrons. The van der Waals surface area contributed by atoms with Crippen molar-refractivity contribution in [2.75, 3.05) is 0 Å². The van der Waals surface area contributed by atoms with Crippen LogP contribution in [0.1, 0.15) is 17.2 Å². The van der Waals surface area contributed by atoms with E-state index in [4.69, 9.17) is 17.4 Å². The third-order valence-electron chi connectivity index (χ3n) is 2.84. The lowest BCUT2D eigenvalue weighted by atomic mass is 9.98. The van der Waals surface area contributed by atoms with Gasteiger partial charge in [-0.05, 0) is 28.1 Å². The molecule has 20 heavy (non-hydrogen) atoms. The van der Waals surface area contributed by atoms with Crippen LogP contribution in [0.3, 0.4) is 0 Å². The van der Waals surface area contributed by atoms with E-state index in [0.29, 0.717) is 4.47 Å². The highest BCUT2D eigenvalue weighted by molar-refractivity contribution is 9.10. The number of nitrogens with two attached hydrogens (primary N) is 1. The van der Waals surface area contributed by atoms with Gasteiger partial charge in [0.05, 0.1) is 11.1 Å². The van der Waals surface area contributed by atoms with Crippen LogP contribution in [-0.2, 0) is 0 Å². The molecule has 7 heteroatoms. The minimum Gasteiger partial charge on any atom is -0.271 e. The first-order valence-corrected chi connectivity index (χ1v) is 6.68. The third kappa shape index (κ3) is 2.69. The van der Waals surface area contributed by atoms with Crippen LogP contribution in [0.2, 0.25) is 5.02 Å². The Morgan fingerprint density at radius 2 is 1.70 bits per heavy atom. The van der Waals surface area contributed by atoms with Gasteiger partial charge in [0.25, 0.3) is 0 Å². The summed E-state index contributed by atoms with van der Waals surface area (Å²) in [5.41, 5.74) is 2.18. The minimum atomic E-state index is -1.09. The standard InChI is InChI=1S/C13H9BrClF3N2/c14-8-5-4-7(12(18)10(8)15)13(20-19)6-2-1-3-9(16)11(6)17/h1-5,13,20H,19H2. The van der Waals surface area contributed by atoms with E-state index >= 15 is 0 Å². The number of nitrogens with one attached hydrogen (secondary N) is 1. The zero-order chi connectivity index (χ0) is 14.9. The van der Waals surface area contributed by atoms with Crippen LogP contribution >= 0.6 is 27.5 Å². The van der Waals surface area contributed by atoms with Crippen molar-refractivity contribution in [2.24, 2.45) is 5.84 Å². The molecule has 0 spiro atoms. The molecule has 2 aromatic carbocycles. The highest BCUT2D eigenvalue weighted by Gasteiger charge is 2.23. The lowest BCUT2D eigenvalue weighted by molar-refractivity contribution is 0.477. The molecule has 0 fully saturated rings. The molecule has 0 aliphatic heterocycles. The van der Waals surface area contributed by atoms with E-state index < -0.39 is 23.5 Å². The van der Waals surface area contributed by atoms with Gasteiger partial charge in [0.2, 0.25) is 0 Å². The first-order chi connectivity index (χ1) is 9.47. The Labute approximate surface area is 126 Å². The van der Waals surface area contributed by atoms with Gasteiger partial charge >= 0.3 is 0 Å². The van der Waals surface area contributed by atoms with Crippen molar-refractivity contribution in [1.29, 1.82) is 0 Å². The lowest BCUT2D eigenvalue weighted by Crippen LogP contribution is -2.30. The molecule has 0 aliphatic rings. The first-order valence-electron chi connectivity index (χ1n) is 5.50. The Morgan fingerprint density at radius 1 is 1.05 bits per heavy atom. The van der Waals surface area contributed by atoms with Gasteiger partial charge in [0.1, 0.15) is 5.82 Å². The number of rotatable bonds is 3. The summed E-state index contributed by atoms with van der Waals surface area (Å²) in [4.78, 5) is 0. The molecule has 1 atom stereocenters. The van der Waals surface area contributed by atoms with E-state index in [1.807, 2.05) is 0 Å². The summed E-state index contributed by atoms with van der Waals surface area (Å²) in [5, 5.41) is -0.153. The van der Waals surface area contributed by atoms with Gasteiger partial charge in [-0.3, -0.25) is 5.84 Å². The molecule has 0 heterocycles. The van der Waals surface area contributed by atoms with Crippen LogP contribution in [0, 0.1) is 17.5 Å². The summed E-state index contributed by atoms with van der Waals surface area (Å²) in [7, 11) is 0. The normalized spacial score (nSPS) is 12.5. The molecule has 0 amide bonds. The smallest absolute Gasteiger partial charge is 0.163 e. The van der Waals surface area contributed by atoms with Crippen LogP contribution in [0.5, 0.6) is 0 Å². The predicted octanol–water partition coefficient (Wildman–Crippen LogP) is 4.07. The van der Waals surface area contributed by atoms with Crippen LogP contribution < -0.4 is 11.3 Å². The second-order valence-corrected chi connectivity index (χ2v) is 5.24. The molecular weight excluding hydrogens is 357 g/mol. The SMILES string of the molecule is NNC(c1cccc(F)c1F)c1ccc(Br)c(Cl)c1F. The van der Waals surface area contributed by atoms with Crippen molar-refractivity contribution in [3.63, 3.8) is 0 Å². The van der Waals surface area contributed by atoms with Gasteiger partial charge in [-0.2, -0.15) is 0 Å². The van der Waals surface area contributed by atoms with E-state index in [1.165, 1.54) is 24.3 Å². The second-order valence-electron chi connectivity index (χ2n) is 4.01.